The van der Waals surface area contributed by atoms with E-state index in [1.54, 1.807) is 18.3 Å². The predicted octanol–water partition coefficient (Wildman–Crippen LogP) is 4.77. The standard InChI is InChI=1S/C28H30Cl2N4O3/c29-17-12-13-21(22(30)15-17)26-25(27(35)33-37-16-18-7-5-6-14-32-18)19-8-1-2-9-20(19)28(36)34(26)24-11-4-3-10-23(24)31/h1-2,5-9,12,14-15,21,23-26H,3-4,10-11,13,16,31H2,(H,33,35)/t21?,23-,24-,25+,26-/m1/s1. The monoisotopic (exact) mass is 540 g/mol. The summed E-state index contributed by atoms with van der Waals surface area (Å²) >= 11 is 13.0. The van der Waals surface area contributed by atoms with Crippen molar-refractivity contribution in [2.45, 2.75) is 62.8 Å². The van der Waals surface area contributed by atoms with Crippen LogP contribution in [-0.4, -0.2) is 39.8 Å². The SMILES string of the molecule is N[C@@H]1CCCC[C@H]1N1C(=O)c2ccccc2[C@H](C(=O)NOCc2ccccn2)[C@H]1C1CC=C(Cl)C=C1Cl. The van der Waals surface area contributed by atoms with E-state index in [0.717, 1.165) is 25.7 Å². The molecular formula is C28H30Cl2N4O3. The van der Waals surface area contributed by atoms with E-state index in [0.29, 0.717) is 33.3 Å². The molecule has 1 saturated carbocycles. The second-order valence-electron chi connectivity index (χ2n) is 9.82. The summed E-state index contributed by atoms with van der Waals surface area (Å²) in [5.41, 5.74) is 11.1. The van der Waals surface area contributed by atoms with E-state index in [2.05, 4.69) is 10.5 Å². The number of aromatic nitrogens is 1. The van der Waals surface area contributed by atoms with Gasteiger partial charge in [-0.2, -0.15) is 0 Å². The van der Waals surface area contributed by atoms with Crippen molar-refractivity contribution >= 4 is 35.0 Å². The molecule has 3 N–H and O–H groups in total. The number of carbonyl (C=O) groups is 2. The Labute approximate surface area is 226 Å². The van der Waals surface area contributed by atoms with Gasteiger partial charge in [-0.05, 0) is 49.1 Å². The number of nitrogens with one attached hydrogen (secondary N) is 1. The number of allylic oxidation sites excluding steroid dienone is 3. The summed E-state index contributed by atoms with van der Waals surface area (Å²) in [5.74, 6) is -1.50. The zero-order valence-electron chi connectivity index (χ0n) is 20.4. The number of pyridine rings is 1. The van der Waals surface area contributed by atoms with E-state index in [9.17, 15) is 9.59 Å². The van der Waals surface area contributed by atoms with Crippen LogP contribution in [0.3, 0.4) is 0 Å². The zero-order valence-corrected chi connectivity index (χ0v) is 21.9. The number of rotatable bonds is 6. The maximum atomic E-state index is 14.0. The van der Waals surface area contributed by atoms with Gasteiger partial charge in [0.15, 0.2) is 0 Å². The van der Waals surface area contributed by atoms with Gasteiger partial charge >= 0.3 is 0 Å². The summed E-state index contributed by atoms with van der Waals surface area (Å²) < 4.78 is 0. The molecular weight excluding hydrogens is 511 g/mol. The number of hydroxylamine groups is 1. The fourth-order valence-corrected chi connectivity index (χ4v) is 6.44. The minimum atomic E-state index is -0.718. The van der Waals surface area contributed by atoms with Gasteiger partial charge in [-0.3, -0.25) is 19.4 Å². The van der Waals surface area contributed by atoms with Crippen molar-refractivity contribution in [3.8, 4) is 0 Å². The molecule has 5 rings (SSSR count). The van der Waals surface area contributed by atoms with Crippen LogP contribution in [0.1, 0.15) is 59.6 Å². The van der Waals surface area contributed by atoms with Crippen LogP contribution in [0.5, 0.6) is 0 Å². The molecule has 1 unspecified atom stereocenters. The van der Waals surface area contributed by atoms with Crippen LogP contribution in [0, 0.1) is 5.92 Å². The third-order valence-corrected chi connectivity index (χ3v) is 8.23. The largest absolute Gasteiger partial charge is 0.329 e. The number of benzene rings is 1. The summed E-state index contributed by atoms with van der Waals surface area (Å²) in [5, 5.41) is 1.07. The Hall–Kier alpha value is -2.71. The molecule has 194 valence electrons. The molecule has 2 aromatic rings. The summed E-state index contributed by atoms with van der Waals surface area (Å²) in [4.78, 5) is 39.6. The molecule has 2 aliphatic carbocycles. The molecule has 37 heavy (non-hydrogen) atoms. The lowest BCUT2D eigenvalue weighted by atomic mass is 9.73. The number of nitrogens with zero attached hydrogens (tertiary/aromatic N) is 2. The van der Waals surface area contributed by atoms with Crippen LogP contribution in [0.15, 0.2) is 70.9 Å². The van der Waals surface area contributed by atoms with Crippen molar-refractivity contribution in [2.24, 2.45) is 11.7 Å². The second-order valence-corrected chi connectivity index (χ2v) is 10.7. The molecule has 0 bridgehead atoms. The molecule has 0 saturated heterocycles. The van der Waals surface area contributed by atoms with Gasteiger partial charge in [0.05, 0.1) is 17.7 Å². The Kier molecular flexibility index (Phi) is 7.95. The molecule has 1 aliphatic heterocycles. The van der Waals surface area contributed by atoms with Crippen LogP contribution in [-0.2, 0) is 16.2 Å². The zero-order chi connectivity index (χ0) is 25.9. The molecule has 9 heteroatoms. The molecule has 2 heterocycles. The molecule has 2 amide bonds. The Morgan fingerprint density at radius 2 is 1.92 bits per heavy atom. The third kappa shape index (κ3) is 5.32. The van der Waals surface area contributed by atoms with Crippen LogP contribution < -0.4 is 11.2 Å². The third-order valence-electron chi connectivity index (χ3n) is 7.57. The summed E-state index contributed by atoms with van der Waals surface area (Å²) in [6.45, 7) is 0.115. The van der Waals surface area contributed by atoms with Crippen LogP contribution in [0.4, 0.5) is 0 Å². The lowest BCUT2D eigenvalue weighted by Gasteiger charge is -2.50. The van der Waals surface area contributed by atoms with Crippen LogP contribution in [0.25, 0.3) is 0 Å². The van der Waals surface area contributed by atoms with Gasteiger partial charge in [0.25, 0.3) is 11.8 Å². The summed E-state index contributed by atoms with van der Waals surface area (Å²) in [6.07, 6.45) is 9.36. The highest BCUT2D eigenvalue weighted by Gasteiger charge is 2.51. The number of carbonyl (C=O) groups excluding carboxylic acids is 2. The van der Waals surface area contributed by atoms with Crippen molar-refractivity contribution in [1.29, 1.82) is 0 Å². The molecule has 1 fully saturated rings. The van der Waals surface area contributed by atoms with Crippen molar-refractivity contribution in [2.75, 3.05) is 0 Å². The van der Waals surface area contributed by atoms with Crippen molar-refractivity contribution in [1.82, 2.24) is 15.4 Å². The summed E-state index contributed by atoms with van der Waals surface area (Å²) in [7, 11) is 0. The van der Waals surface area contributed by atoms with Gasteiger partial charge in [-0.25, -0.2) is 5.48 Å². The number of hydrogen-bond acceptors (Lipinski definition) is 5. The van der Waals surface area contributed by atoms with Crippen molar-refractivity contribution < 1.29 is 14.4 Å². The molecule has 3 aliphatic rings. The Balaban J connectivity index is 1.54. The Morgan fingerprint density at radius 3 is 2.68 bits per heavy atom. The average Bonchev–Trinajstić information content (AvgIpc) is 2.90. The average molecular weight is 541 g/mol. The Morgan fingerprint density at radius 1 is 1.14 bits per heavy atom. The van der Waals surface area contributed by atoms with Gasteiger partial charge in [-0.15, -0.1) is 0 Å². The number of amides is 2. The van der Waals surface area contributed by atoms with Crippen molar-refractivity contribution in [3.63, 3.8) is 0 Å². The minimum absolute atomic E-state index is 0.115. The van der Waals surface area contributed by atoms with Crippen LogP contribution >= 0.6 is 23.2 Å². The van der Waals surface area contributed by atoms with Gasteiger partial charge in [0.2, 0.25) is 0 Å². The Bertz CT molecular complexity index is 1220. The number of nitrogens with two attached hydrogens (primary N) is 1. The first-order chi connectivity index (χ1) is 18.0. The molecule has 1 aromatic heterocycles. The van der Waals surface area contributed by atoms with Gasteiger partial charge in [0.1, 0.15) is 6.61 Å². The van der Waals surface area contributed by atoms with Crippen LogP contribution in [0.2, 0.25) is 0 Å². The fraction of sp³-hybridized carbons (Fsp3) is 0.393. The molecule has 0 radical (unpaired) electrons. The molecule has 7 nitrogen and oxygen atoms in total. The number of fused-ring (bicyclic) bond motifs is 1. The first kappa shape index (κ1) is 25.9. The number of hydrogen-bond donors (Lipinski definition) is 2. The highest BCUT2D eigenvalue weighted by Crippen LogP contribution is 2.45. The highest BCUT2D eigenvalue weighted by atomic mass is 35.5. The van der Waals surface area contributed by atoms with E-state index < -0.39 is 12.0 Å². The lowest BCUT2D eigenvalue weighted by Crippen LogP contribution is -2.63. The van der Waals surface area contributed by atoms with E-state index >= 15 is 0 Å². The normalized spacial score (nSPS) is 27.7. The molecule has 0 spiro atoms. The van der Waals surface area contributed by atoms with Gasteiger partial charge in [0, 0.05) is 39.8 Å². The topological polar surface area (TPSA) is 97.5 Å². The first-order valence-electron chi connectivity index (χ1n) is 12.7. The first-order valence-corrected chi connectivity index (χ1v) is 13.4. The van der Waals surface area contributed by atoms with Gasteiger partial charge < -0.3 is 10.6 Å². The predicted molar refractivity (Wildman–Crippen MR) is 143 cm³/mol. The summed E-state index contributed by atoms with van der Waals surface area (Å²) in [6, 6.07) is 11.8. The van der Waals surface area contributed by atoms with E-state index in [1.165, 1.54) is 0 Å². The maximum absolute atomic E-state index is 14.0. The second kappa shape index (κ2) is 11.4. The molecule has 5 atom stereocenters. The highest BCUT2D eigenvalue weighted by molar-refractivity contribution is 6.35. The maximum Gasteiger partial charge on any atom is 0.254 e. The quantitative estimate of drug-likeness (QED) is 0.514. The van der Waals surface area contributed by atoms with E-state index in [-0.39, 0.29) is 36.4 Å². The smallest absolute Gasteiger partial charge is 0.254 e. The van der Waals surface area contributed by atoms with Gasteiger partial charge in [-0.1, -0.05) is 66.4 Å². The van der Waals surface area contributed by atoms with E-state index in [4.69, 9.17) is 33.8 Å². The molecule has 1 aromatic carbocycles. The van der Waals surface area contributed by atoms with E-state index in [1.807, 2.05) is 47.4 Å². The fourth-order valence-electron chi connectivity index (χ4n) is 5.84. The lowest BCUT2D eigenvalue weighted by molar-refractivity contribution is -0.138. The minimum Gasteiger partial charge on any atom is -0.329 e. The number of halogens is 2. The van der Waals surface area contributed by atoms with Crippen molar-refractivity contribution in [3.05, 3.63) is 87.7 Å².